The molecule has 3 aromatic rings. The van der Waals surface area contributed by atoms with Gasteiger partial charge in [-0.05, 0) is 37.5 Å². The number of aryl methyl sites for hydroxylation is 1. The molecule has 5 heteroatoms. The fraction of sp³-hybridized carbons (Fsp3) is 0.333. The number of benzene rings is 1. The van der Waals surface area contributed by atoms with Gasteiger partial charge in [-0.3, -0.25) is 4.79 Å². The molecule has 1 fully saturated rings. The van der Waals surface area contributed by atoms with Gasteiger partial charge in [0.05, 0.1) is 12.4 Å². The normalized spacial score (nSPS) is 18.5. The lowest BCUT2D eigenvalue weighted by molar-refractivity contribution is 0.0674. The number of aromatic amines is 1. The minimum Gasteiger partial charge on any atom is -0.351 e. The molecule has 1 atom stereocenters. The maximum atomic E-state index is 12.8. The number of aromatic nitrogens is 3. The minimum atomic E-state index is 0.0867. The largest absolute Gasteiger partial charge is 0.351 e. The number of amides is 1. The lowest BCUT2D eigenvalue weighted by Gasteiger charge is -2.33. The molecule has 0 spiro atoms. The summed E-state index contributed by atoms with van der Waals surface area (Å²) < 4.78 is 2.11. The van der Waals surface area contributed by atoms with Crippen LogP contribution >= 0.6 is 0 Å². The predicted molar refractivity (Wildman–Crippen MR) is 89.4 cm³/mol. The number of nitrogens with one attached hydrogen (secondary N) is 1. The molecule has 1 aliphatic heterocycles. The Morgan fingerprint density at radius 3 is 3.09 bits per heavy atom. The number of carbonyl (C=O) groups excluding carboxylic acids is 1. The first-order valence-corrected chi connectivity index (χ1v) is 8.07. The van der Waals surface area contributed by atoms with E-state index in [4.69, 9.17) is 0 Å². The van der Waals surface area contributed by atoms with Crippen LogP contribution in [0.25, 0.3) is 10.9 Å². The van der Waals surface area contributed by atoms with Crippen LogP contribution in [0.5, 0.6) is 0 Å². The molecule has 0 unspecified atom stereocenters. The highest BCUT2D eigenvalue weighted by Gasteiger charge is 2.26. The summed E-state index contributed by atoms with van der Waals surface area (Å²) in [6.07, 6.45) is 7.72. The van der Waals surface area contributed by atoms with Gasteiger partial charge in [0.1, 0.15) is 5.69 Å². The number of rotatable bonds is 2. The van der Waals surface area contributed by atoms with Gasteiger partial charge < -0.3 is 14.5 Å². The van der Waals surface area contributed by atoms with Gasteiger partial charge in [-0.1, -0.05) is 12.1 Å². The topological polar surface area (TPSA) is 53.9 Å². The minimum absolute atomic E-state index is 0.0867. The van der Waals surface area contributed by atoms with Crippen LogP contribution in [0, 0.1) is 6.92 Å². The molecular formula is C18H20N4O. The van der Waals surface area contributed by atoms with E-state index in [1.54, 1.807) is 6.20 Å². The zero-order valence-corrected chi connectivity index (χ0v) is 13.2. The number of carbonyl (C=O) groups is 1. The van der Waals surface area contributed by atoms with Crippen LogP contribution in [0.2, 0.25) is 0 Å². The summed E-state index contributed by atoms with van der Waals surface area (Å²) in [5.74, 6) is 0.0867. The monoisotopic (exact) mass is 308 g/mol. The second-order valence-corrected chi connectivity index (χ2v) is 6.33. The van der Waals surface area contributed by atoms with E-state index in [2.05, 4.69) is 39.7 Å². The molecule has 118 valence electrons. The molecule has 0 saturated carbocycles. The van der Waals surface area contributed by atoms with Gasteiger partial charge in [0.2, 0.25) is 0 Å². The lowest BCUT2D eigenvalue weighted by atomic mass is 10.1. The second-order valence-electron chi connectivity index (χ2n) is 6.33. The molecule has 0 aliphatic carbocycles. The number of fused-ring (bicyclic) bond motifs is 1. The summed E-state index contributed by atoms with van der Waals surface area (Å²) in [7, 11) is 0. The van der Waals surface area contributed by atoms with Crippen molar-refractivity contribution in [2.24, 2.45) is 0 Å². The smallest absolute Gasteiger partial charge is 0.270 e. The Morgan fingerprint density at radius 2 is 2.26 bits per heavy atom. The van der Waals surface area contributed by atoms with Crippen molar-refractivity contribution in [2.45, 2.75) is 25.8 Å². The summed E-state index contributed by atoms with van der Waals surface area (Å²) in [6.45, 7) is 3.62. The summed E-state index contributed by atoms with van der Waals surface area (Å²) in [6, 6.07) is 8.49. The van der Waals surface area contributed by atoms with E-state index >= 15 is 0 Å². The molecule has 5 nitrogen and oxygen atoms in total. The van der Waals surface area contributed by atoms with Crippen LogP contribution in [0.1, 0.15) is 34.9 Å². The number of hydrogen-bond acceptors (Lipinski definition) is 2. The van der Waals surface area contributed by atoms with Crippen LogP contribution in [-0.4, -0.2) is 38.4 Å². The average Bonchev–Trinajstić information content (AvgIpc) is 3.23. The van der Waals surface area contributed by atoms with E-state index in [1.807, 2.05) is 23.5 Å². The number of imidazole rings is 1. The van der Waals surface area contributed by atoms with Crippen LogP contribution < -0.4 is 0 Å². The Labute approximate surface area is 134 Å². The van der Waals surface area contributed by atoms with Crippen molar-refractivity contribution in [3.8, 4) is 0 Å². The van der Waals surface area contributed by atoms with Crippen LogP contribution in [0.15, 0.2) is 43.0 Å². The van der Waals surface area contributed by atoms with Gasteiger partial charge in [0.15, 0.2) is 0 Å². The van der Waals surface area contributed by atoms with Crippen molar-refractivity contribution in [2.75, 3.05) is 13.1 Å². The second kappa shape index (κ2) is 5.57. The highest BCUT2D eigenvalue weighted by Crippen LogP contribution is 2.24. The number of likely N-dealkylation sites (tertiary alicyclic amines) is 1. The lowest BCUT2D eigenvalue weighted by Crippen LogP contribution is -2.40. The maximum Gasteiger partial charge on any atom is 0.270 e. The molecule has 2 aromatic heterocycles. The predicted octanol–water partition coefficient (Wildman–Crippen LogP) is 3.15. The molecular weight excluding hydrogens is 288 g/mol. The molecule has 0 bridgehead atoms. The number of H-pyrrole nitrogens is 1. The summed E-state index contributed by atoms with van der Waals surface area (Å²) in [4.78, 5) is 22.2. The number of hydrogen-bond donors (Lipinski definition) is 1. The van der Waals surface area contributed by atoms with E-state index in [-0.39, 0.29) is 5.91 Å². The van der Waals surface area contributed by atoms with E-state index in [0.717, 1.165) is 36.8 Å². The standard InChI is InChI=1S/C18H20N4O/c1-13-4-5-14-10-17(20-16(14)9-13)18(23)21-7-2-3-15(11-21)22-8-6-19-12-22/h4-6,8-10,12,15,20H,2-3,7,11H2,1H3/t15-/m0/s1. The molecule has 1 N–H and O–H groups in total. The van der Waals surface area contributed by atoms with Gasteiger partial charge in [-0.2, -0.15) is 0 Å². The Hall–Kier alpha value is -2.56. The summed E-state index contributed by atoms with van der Waals surface area (Å²) in [5, 5.41) is 1.09. The Bertz CT molecular complexity index is 834. The highest BCUT2D eigenvalue weighted by molar-refractivity contribution is 5.98. The van der Waals surface area contributed by atoms with E-state index in [0.29, 0.717) is 11.7 Å². The van der Waals surface area contributed by atoms with Crippen LogP contribution in [-0.2, 0) is 0 Å². The maximum absolute atomic E-state index is 12.8. The van der Waals surface area contributed by atoms with Crippen LogP contribution in [0.4, 0.5) is 0 Å². The Kier molecular flexibility index (Phi) is 3.41. The average molecular weight is 308 g/mol. The van der Waals surface area contributed by atoms with Crippen molar-refractivity contribution >= 4 is 16.8 Å². The Balaban J connectivity index is 1.57. The SMILES string of the molecule is Cc1ccc2cc(C(=O)N3CCC[C@H](n4ccnc4)C3)[nH]c2c1. The first-order chi connectivity index (χ1) is 11.2. The number of piperidine rings is 1. The zero-order valence-electron chi connectivity index (χ0n) is 13.2. The molecule has 4 rings (SSSR count). The quantitative estimate of drug-likeness (QED) is 0.790. The first-order valence-electron chi connectivity index (χ1n) is 8.07. The molecule has 1 amide bonds. The number of nitrogens with zero attached hydrogens (tertiary/aromatic N) is 3. The zero-order chi connectivity index (χ0) is 15.8. The van der Waals surface area contributed by atoms with Crippen molar-refractivity contribution in [3.05, 3.63) is 54.2 Å². The summed E-state index contributed by atoms with van der Waals surface area (Å²) >= 11 is 0. The summed E-state index contributed by atoms with van der Waals surface area (Å²) in [5.41, 5.74) is 2.89. The van der Waals surface area contributed by atoms with Gasteiger partial charge in [-0.25, -0.2) is 4.98 Å². The third-order valence-electron chi connectivity index (χ3n) is 4.64. The molecule has 1 aromatic carbocycles. The fourth-order valence-corrected chi connectivity index (χ4v) is 3.39. The first kappa shape index (κ1) is 14.1. The van der Waals surface area contributed by atoms with Crippen molar-refractivity contribution in [1.29, 1.82) is 0 Å². The third-order valence-corrected chi connectivity index (χ3v) is 4.64. The van der Waals surface area contributed by atoms with E-state index in [1.165, 1.54) is 5.56 Å². The molecule has 3 heterocycles. The fourth-order valence-electron chi connectivity index (χ4n) is 3.39. The highest BCUT2D eigenvalue weighted by atomic mass is 16.2. The Morgan fingerprint density at radius 1 is 1.35 bits per heavy atom. The molecule has 0 radical (unpaired) electrons. The van der Waals surface area contributed by atoms with Crippen molar-refractivity contribution in [3.63, 3.8) is 0 Å². The van der Waals surface area contributed by atoms with Crippen LogP contribution in [0.3, 0.4) is 0 Å². The van der Waals surface area contributed by atoms with E-state index in [9.17, 15) is 4.79 Å². The van der Waals surface area contributed by atoms with Gasteiger partial charge in [0.25, 0.3) is 5.91 Å². The van der Waals surface area contributed by atoms with Gasteiger partial charge in [0, 0.05) is 36.4 Å². The van der Waals surface area contributed by atoms with Crippen molar-refractivity contribution in [1.82, 2.24) is 19.4 Å². The van der Waals surface area contributed by atoms with Gasteiger partial charge >= 0.3 is 0 Å². The van der Waals surface area contributed by atoms with Crippen molar-refractivity contribution < 1.29 is 4.79 Å². The molecule has 1 saturated heterocycles. The third kappa shape index (κ3) is 2.63. The van der Waals surface area contributed by atoms with E-state index < -0.39 is 0 Å². The molecule has 1 aliphatic rings. The van der Waals surface area contributed by atoms with Gasteiger partial charge in [-0.15, -0.1) is 0 Å². The molecule has 23 heavy (non-hydrogen) atoms.